The Labute approximate surface area is 175 Å². The van der Waals surface area contributed by atoms with E-state index in [1.807, 2.05) is 60.7 Å². The van der Waals surface area contributed by atoms with Crippen LogP contribution >= 0.6 is 15.9 Å². The summed E-state index contributed by atoms with van der Waals surface area (Å²) in [6.45, 7) is 0. The van der Waals surface area contributed by atoms with Crippen molar-refractivity contribution in [3.63, 3.8) is 0 Å². The first-order valence-corrected chi connectivity index (χ1v) is 9.37. The van der Waals surface area contributed by atoms with Gasteiger partial charge in [-0.3, -0.25) is 20.2 Å². The van der Waals surface area contributed by atoms with E-state index < -0.39 is 9.85 Å². The summed E-state index contributed by atoms with van der Waals surface area (Å²) in [6.07, 6.45) is 4.91. The lowest BCUT2D eigenvalue weighted by Gasteiger charge is -2.05. The maximum atomic E-state index is 11.5. The molecule has 29 heavy (non-hydrogen) atoms. The van der Waals surface area contributed by atoms with Crippen molar-refractivity contribution >= 4 is 50.0 Å². The molecule has 3 aromatic carbocycles. The number of nitro benzene ring substituents is 2. The van der Waals surface area contributed by atoms with Crippen LogP contribution in [0, 0.1) is 20.2 Å². The number of rotatable bonds is 6. The largest absolute Gasteiger partial charge is 0.283 e. The predicted octanol–water partition coefficient (Wildman–Crippen LogP) is 6.57. The fourth-order valence-corrected chi connectivity index (χ4v) is 3.26. The summed E-state index contributed by atoms with van der Waals surface area (Å²) < 4.78 is 0.632. The molecule has 7 heteroatoms. The average Bonchev–Trinajstić information content (AvgIpc) is 2.73. The molecule has 0 spiro atoms. The Morgan fingerprint density at radius 3 is 1.90 bits per heavy atom. The van der Waals surface area contributed by atoms with Gasteiger partial charge in [0.25, 0.3) is 11.4 Å². The zero-order valence-electron chi connectivity index (χ0n) is 15.1. The van der Waals surface area contributed by atoms with Gasteiger partial charge in [0.15, 0.2) is 0 Å². The van der Waals surface area contributed by atoms with Crippen molar-refractivity contribution in [2.75, 3.05) is 0 Å². The third-order valence-corrected chi connectivity index (χ3v) is 4.84. The molecule has 0 fully saturated rings. The number of halogens is 1. The molecule has 0 saturated heterocycles. The van der Waals surface area contributed by atoms with Crippen LogP contribution in [-0.4, -0.2) is 9.85 Å². The molecule has 0 bridgehead atoms. The van der Waals surface area contributed by atoms with Gasteiger partial charge in [-0.1, -0.05) is 82.7 Å². The third-order valence-electron chi connectivity index (χ3n) is 4.16. The van der Waals surface area contributed by atoms with Crippen molar-refractivity contribution in [1.29, 1.82) is 0 Å². The second kappa shape index (κ2) is 9.07. The molecule has 144 valence electrons. The summed E-state index contributed by atoms with van der Waals surface area (Å²) >= 11 is 3.44. The third kappa shape index (κ3) is 5.03. The Morgan fingerprint density at radius 2 is 1.31 bits per heavy atom. The lowest BCUT2D eigenvalue weighted by molar-refractivity contribution is -0.394. The highest BCUT2D eigenvalue weighted by Crippen LogP contribution is 2.34. The molecule has 0 aromatic heterocycles. The van der Waals surface area contributed by atoms with Crippen LogP contribution in [0.2, 0.25) is 0 Å². The van der Waals surface area contributed by atoms with Crippen molar-refractivity contribution in [2.45, 2.75) is 0 Å². The van der Waals surface area contributed by atoms with Gasteiger partial charge in [0.1, 0.15) is 0 Å². The van der Waals surface area contributed by atoms with Gasteiger partial charge in [-0.2, -0.15) is 0 Å². The van der Waals surface area contributed by atoms with Crippen molar-refractivity contribution in [3.8, 4) is 0 Å². The molecule has 0 radical (unpaired) electrons. The normalized spacial score (nSPS) is 11.6. The lowest BCUT2D eigenvalue weighted by Crippen LogP contribution is -1.98. The summed E-state index contributed by atoms with van der Waals surface area (Å²) in [5, 5.41) is 23.0. The fraction of sp³-hybridized carbons (Fsp3) is 0. The quantitative estimate of drug-likeness (QED) is 0.241. The van der Waals surface area contributed by atoms with Gasteiger partial charge in [0.05, 0.1) is 27.0 Å². The first-order chi connectivity index (χ1) is 14.0. The Bertz CT molecular complexity index is 1110. The predicted molar refractivity (Wildman–Crippen MR) is 118 cm³/mol. The van der Waals surface area contributed by atoms with E-state index in [1.54, 1.807) is 18.2 Å². The van der Waals surface area contributed by atoms with Gasteiger partial charge in [-0.05, 0) is 29.3 Å². The monoisotopic (exact) mass is 450 g/mol. The summed E-state index contributed by atoms with van der Waals surface area (Å²) in [4.78, 5) is 21.8. The molecule has 0 N–H and O–H groups in total. The average molecular weight is 451 g/mol. The number of benzene rings is 3. The van der Waals surface area contributed by atoms with E-state index in [0.717, 1.165) is 17.2 Å². The molecule has 0 heterocycles. The van der Waals surface area contributed by atoms with Gasteiger partial charge in [-0.15, -0.1) is 0 Å². The number of nitro groups is 2. The summed E-state index contributed by atoms with van der Waals surface area (Å²) in [6, 6.07) is 21.0. The number of hydrogen-bond donors (Lipinski definition) is 0. The molecule has 0 aliphatic rings. The van der Waals surface area contributed by atoms with E-state index in [9.17, 15) is 20.2 Å². The standard InChI is InChI=1S/C22H15BrN2O4/c23-20(17-9-5-2-6-10-17)14-19-13-18(12-11-16-7-3-1-4-8-16)21(24(26)27)15-22(19)25(28)29/h1-15H/b12-11+,20-14+. The highest BCUT2D eigenvalue weighted by atomic mass is 79.9. The van der Waals surface area contributed by atoms with Crippen molar-refractivity contribution in [1.82, 2.24) is 0 Å². The van der Waals surface area contributed by atoms with E-state index in [4.69, 9.17) is 0 Å². The molecule has 0 aliphatic carbocycles. The Morgan fingerprint density at radius 1 is 0.759 bits per heavy atom. The van der Waals surface area contributed by atoms with E-state index in [0.29, 0.717) is 4.48 Å². The molecule has 3 aromatic rings. The van der Waals surface area contributed by atoms with Crippen molar-refractivity contribution < 1.29 is 9.85 Å². The van der Waals surface area contributed by atoms with Gasteiger partial charge < -0.3 is 0 Å². The molecule has 0 unspecified atom stereocenters. The molecular weight excluding hydrogens is 436 g/mol. The van der Waals surface area contributed by atoms with Gasteiger partial charge in [-0.25, -0.2) is 0 Å². The van der Waals surface area contributed by atoms with Crippen LogP contribution in [-0.2, 0) is 0 Å². The minimum Gasteiger partial charge on any atom is -0.258 e. The van der Waals surface area contributed by atoms with Gasteiger partial charge >= 0.3 is 0 Å². The molecule has 0 saturated carbocycles. The highest BCUT2D eigenvalue weighted by Gasteiger charge is 2.22. The molecule has 6 nitrogen and oxygen atoms in total. The van der Waals surface area contributed by atoms with Crippen LogP contribution in [0.5, 0.6) is 0 Å². The highest BCUT2D eigenvalue weighted by molar-refractivity contribution is 9.15. The maximum Gasteiger partial charge on any atom is 0.283 e. The second-order valence-electron chi connectivity index (χ2n) is 6.09. The molecule has 0 atom stereocenters. The maximum absolute atomic E-state index is 11.5. The molecular formula is C22H15BrN2O4. The summed E-state index contributed by atoms with van der Waals surface area (Å²) in [5.74, 6) is 0. The molecule has 0 aliphatic heterocycles. The number of hydrogen-bond acceptors (Lipinski definition) is 4. The van der Waals surface area contributed by atoms with E-state index in [-0.39, 0.29) is 22.5 Å². The van der Waals surface area contributed by atoms with Crippen LogP contribution in [0.25, 0.3) is 22.7 Å². The number of nitrogens with zero attached hydrogens (tertiary/aromatic N) is 2. The molecule has 3 rings (SSSR count). The van der Waals surface area contributed by atoms with E-state index in [2.05, 4.69) is 15.9 Å². The minimum atomic E-state index is -0.616. The minimum absolute atomic E-state index is 0.268. The lowest BCUT2D eigenvalue weighted by atomic mass is 10.0. The van der Waals surface area contributed by atoms with Crippen LogP contribution in [0.4, 0.5) is 11.4 Å². The van der Waals surface area contributed by atoms with Crippen molar-refractivity contribution in [3.05, 3.63) is 115 Å². The second-order valence-corrected chi connectivity index (χ2v) is 6.94. The Balaban J connectivity index is 2.13. The zero-order valence-corrected chi connectivity index (χ0v) is 16.7. The van der Waals surface area contributed by atoms with Crippen LogP contribution in [0.15, 0.2) is 72.8 Å². The first kappa shape index (κ1) is 20.2. The van der Waals surface area contributed by atoms with Crippen molar-refractivity contribution in [2.24, 2.45) is 0 Å². The summed E-state index contributed by atoms with van der Waals surface area (Å²) in [5.41, 5.74) is 1.59. The fourth-order valence-electron chi connectivity index (χ4n) is 2.74. The smallest absolute Gasteiger partial charge is 0.258 e. The zero-order chi connectivity index (χ0) is 20.8. The summed E-state index contributed by atoms with van der Waals surface area (Å²) in [7, 11) is 0. The Hall–Kier alpha value is -3.58. The van der Waals surface area contributed by atoms with E-state index >= 15 is 0 Å². The van der Waals surface area contributed by atoms with E-state index in [1.165, 1.54) is 6.07 Å². The molecule has 0 amide bonds. The van der Waals surface area contributed by atoms with Gasteiger partial charge in [0.2, 0.25) is 0 Å². The van der Waals surface area contributed by atoms with Crippen LogP contribution < -0.4 is 0 Å². The van der Waals surface area contributed by atoms with Gasteiger partial charge in [0, 0.05) is 4.48 Å². The Kier molecular flexibility index (Phi) is 6.31. The first-order valence-electron chi connectivity index (χ1n) is 8.58. The SMILES string of the molecule is O=[N+]([O-])c1cc([N+](=O)[O-])c(/C=C(/Br)c2ccccc2)cc1/C=C/c1ccccc1. The van der Waals surface area contributed by atoms with Crippen LogP contribution in [0.3, 0.4) is 0 Å². The topological polar surface area (TPSA) is 86.3 Å². The van der Waals surface area contributed by atoms with Crippen LogP contribution in [0.1, 0.15) is 22.3 Å².